The van der Waals surface area contributed by atoms with Gasteiger partial charge in [-0.25, -0.2) is 0 Å². The molecule has 0 spiro atoms. The monoisotopic (exact) mass is 401 g/mol. The molecule has 0 unspecified atom stereocenters. The first-order valence-corrected chi connectivity index (χ1v) is 9.09. The standard InChI is InChI=1S/C20H23N3O4S/c1-13(2)12-27-17-11-7-5-9-15(17)18(24)21-20(28)23-22-19(25)14-8-4-6-10-16(14)26-3/h4-11,13H,12H2,1-3H3,(H,22,25)(H2,21,23,24,28). The maximum Gasteiger partial charge on any atom is 0.273 e. The van der Waals surface area contributed by atoms with E-state index in [4.69, 9.17) is 21.7 Å². The van der Waals surface area contributed by atoms with E-state index in [0.29, 0.717) is 35.2 Å². The minimum absolute atomic E-state index is 0.0492. The van der Waals surface area contributed by atoms with Gasteiger partial charge in [0.05, 0.1) is 24.8 Å². The number of nitrogens with one attached hydrogen (secondary N) is 3. The van der Waals surface area contributed by atoms with E-state index in [1.54, 1.807) is 48.5 Å². The summed E-state index contributed by atoms with van der Waals surface area (Å²) in [5.74, 6) is 0.324. The molecule has 0 fully saturated rings. The lowest BCUT2D eigenvalue weighted by Gasteiger charge is -2.14. The third-order valence-electron chi connectivity index (χ3n) is 3.57. The molecule has 2 amide bonds. The van der Waals surface area contributed by atoms with Crippen LogP contribution in [0, 0.1) is 5.92 Å². The molecule has 148 valence electrons. The Morgan fingerprint density at radius 1 is 0.929 bits per heavy atom. The smallest absolute Gasteiger partial charge is 0.273 e. The van der Waals surface area contributed by atoms with Crippen LogP contribution in [-0.4, -0.2) is 30.6 Å². The summed E-state index contributed by atoms with van der Waals surface area (Å²) < 4.78 is 10.8. The highest BCUT2D eigenvalue weighted by Crippen LogP contribution is 2.19. The highest BCUT2D eigenvalue weighted by molar-refractivity contribution is 7.80. The second-order valence-electron chi connectivity index (χ2n) is 6.26. The normalized spacial score (nSPS) is 10.1. The molecule has 28 heavy (non-hydrogen) atoms. The summed E-state index contributed by atoms with van der Waals surface area (Å²) in [7, 11) is 1.48. The molecule has 0 bridgehead atoms. The first-order valence-electron chi connectivity index (χ1n) is 8.69. The molecule has 3 N–H and O–H groups in total. The molecule has 0 saturated heterocycles. The number of thiocarbonyl (C=S) groups is 1. The summed E-state index contributed by atoms with van der Waals surface area (Å²) in [6.07, 6.45) is 0. The van der Waals surface area contributed by atoms with E-state index in [1.807, 2.05) is 13.8 Å². The topological polar surface area (TPSA) is 88.7 Å². The Morgan fingerprint density at radius 2 is 1.50 bits per heavy atom. The molecule has 0 atom stereocenters. The van der Waals surface area contributed by atoms with Crippen LogP contribution in [0.1, 0.15) is 34.6 Å². The molecule has 7 nitrogen and oxygen atoms in total. The first kappa shape index (κ1) is 21.2. The Hall–Kier alpha value is -3.13. The Morgan fingerprint density at radius 3 is 2.11 bits per heavy atom. The van der Waals surface area contributed by atoms with Gasteiger partial charge in [0, 0.05) is 0 Å². The molecule has 8 heteroatoms. The minimum atomic E-state index is -0.449. The number of methoxy groups -OCH3 is 1. The highest BCUT2D eigenvalue weighted by atomic mass is 32.1. The van der Waals surface area contributed by atoms with E-state index in [-0.39, 0.29) is 5.11 Å². The van der Waals surface area contributed by atoms with Gasteiger partial charge in [0.25, 0.3) is 11.8 Å². The van der Waals surface area contributed by atoms with Gasteiger partial charge < -0.3 is 9.47 Å². The molecule has 0 aliphatic carbocycles. The van der Waals surface area contributed by atoms with E-state index in [2.05, 4.69) is 16.2 Å². The molecule has 2 rings (SSSR count). The lowest BCUT2D eigenvalue weighted by Crippen LogP contribution is -2.48. The SMILES string of the molecule is COc1ccccc1C(=O)NNC(=S)NC(=O)c1ccccc1OCC(C)C. The number of hydrazine groups is 1. The van der Waals surface area contributed by atoms with Gasteiger partial charge in [-0.3, -0.25) is 25.8 Å². The Labute approximate surface area is 169 Å². The summed E-state index contributed by atoms with van der Waals surface area (Å²) in [6, 6.07) is 13.6. The molecule has 0 heterocycles. The Balaban J connectivity index is 1.94. The van der Waals surface area contributed by atoms with E-state index in [1.165, 1.54) is 7.11 Å². The molecule has 0 aromatic heterocycles. The molecular weight excluding hydrogens is 378 g/mol. The molecule has 0 aliphatic rings. The molecule has 2 aromatic carbocycles. The van der Waals surface area contributed by atoms with Crippen LogP contribution < -0.4 is 25.6 Å². The number of ether oxygens (including phenoxy) is 2. The minimum Gasteiger partial charge on any atom is -0.496 e. The van der Waals surface area contributed by atoms with Gasteiger partial charge in [0.15, 0.2) is 5.11 Å². The van der Waals surface area contributed by atoms with Crippen molar-refractivity contribution in [3.05, 3.63) is 59.7 Å². The van der Waals surface area contributed by atoms with Crippen molar-refractivity contribution in [2.75, 3.05) is 13.7 Å². The summed E-state index contributed by atoms with van der Waals surface area (Å²) in [5.41, 5.74) is 5.62. The van der Waals surface area contributed by atoms with E-state index >= 15 is 0 Å². The third-order valence-corrected chi connectivity index (χ3v) is 3.78. The van der Waals surface area contributed by atoms with Crippen LogP contribution in [0.15, 0.2) is 48.5 Å². The number of carbonyl (C=O) groups is 2. The lowest BCUT2D eigenvalue weighted by atomic mass is 10.2. The number of rotatable bonds is 6. The van der Waals surface area contributed by atoms with Crippen molar-refractivity contribution in [1.82, 2.24) is 16.2 Å². The summed E-state index contributed by atoms with van der Waals surface area (Å²) in [4.78, 5) is 24.7. The van der Waals surface area contributed by atoms with Crippen LogP contribution >= 0.6 is 12.2 Å². The van der Waals surface area contributed by atoms with Crippen molar-refractivity contribution in [3.8, 4) is 11.5 Å². The number of hydrogen-bond acceptors (Lipinski definition) is 5. The van der Waals surface area contributed by atoms with Gasteiger partial charge in [-0.1, -0.05) is 38.1 Å². The van der Waals surface area contributed by atoms with Crippen molar-refractivity contribution >= 4 is 29.1 Å². The van der Waals surface area contributed by atoms with Gasteiger partial charge in [-0.15, -0.1) is 0 Å². The zero-order chi connectivity index (χ0) is 20.5. The summed E-state index contributed by atoms with van der Waals surface area (Å²) in [5, 5.41) is 2.47. The van der Waals surface area contributed by atoms with E-state index in [0.717, 1.165) is 0 Å². The van der Waals surface area contributed by atoms with Crippen molar-refractivity contribution < 1.29 is 19.1 Å². The number of para-hydroxylation sites is 2. The van der Waals surface area contributed by atoms with Gasteiger partial charge in [0.2, 0.25) is 0 Å². The predicted molar refractivity (Wildman–Crippen MR) is 110 cm³/mol. The van der Waals surface area contributed by atoms with Crippen LogP contribution in [0.5, 0.6) is 11.5 Å². The maximum atomic E-state index is 12.5. The fraction of sp³-hybridized carbons (Fsp3) is 0.250. The van der Waals surface area contributed by atoms with Crippen molar-refractivity contribution in [3.63, 3.8) is 0 Å². The third kappa shape index (κ3) is 5.95. The predicted octanol–water partition coefficient (Wildman–Crippen LogP) is 2.68. The zero-order valence-corrected chi connectivity index (χ0v) is 16.8. The number of carbonyl (C=O) groups excluding carboxylic acids is 2. The van der Waals surface area contributed by atoms with Crippen molar-refractivity contribution in [2.24, 2.45) is 5.92 Å². The second-order valence-corrected chi connectivity index (χ2v) is 6.67. The van der Waals surface area contributed by atoms with E-state index < -0.39 is 11.8 Å². The van der Waals surface area contributed by atoms with Gasteiger partial charge in [-0.05, 0) is 42.4 Å². The van der Waals surface area contributed by atoms with Crippen LogP contribution in [0.3, 0.4) is 0 Å². The average Bonchev–Trinajstić information content (AvgIpc) is 2.70. The van der Waals surface area contributed by atoms with Crippen LogP contribution in [0.25, 0.3) is 0 Å². The zero-order valence-electron chi connectivity index (χ0n) is 15.9. The summed E-state index contributed by atoms with van der Waals surface area (Å²) >= 11 is 5.08. The average molecular weight is 401 g/mol. The fourth-order valence-corrected chi connectivity index (χ4v) is 2.40. The Bertz CT molecular complexity index is 855. The highest BCUT2D eigenvalue weighted by Gasteiger charge is 2.15. The number of hydrogen-bond donors (Lipinski definition) is 3. The molecule has 0 aliphatic heterocycles. The lowest BCUT2D eigenvalue weighted by molar-refractivity contribution is 0.0931. The van der Waals surface area contributed by atoms with Crippen molar-refractivity contribution in [1.29, 1.82) is 0 Å². The van der Waals surface area contributed by atoms with Gasteiger partial charge in [-0.2, -0.15) is 0 Å². The largest absolute Gasteiger partial charge is 0.496 e. The molecule has 2 aromatic rings. The fourth-order valence-electron chi connectivity index (χ4n) is 2.25. The van der Waals surface area contributed by atoms with Crippen LogP contribution in [-0.2, 0) is 0 Å². The van der Waals surface area contributed by atoms with E-state index in [9.17, 15) is 9.59 Å². The van der Waals surface area contributed by atoms with Gasteiger partial charge in [0.1, 0.15) is 11.5 Å². The first-order chi connectivity index (χ1) is 13.4. The Kier molecular flexibility index (Phi) is 7.76. The molecular formula is C20H23N3O4S. The quantitative estimate of drug-likeness (QED) is 0.510. The number of benzene rings is 2. The number of amides is 2. The maximum absolute atomic E-state index is 12.5. The van der Waals surface area contributed by atoms with Crippen molar-refractivity contribution in [2.45, 2.75) is 13.8 Å². The van der Waals surface area contributed by atoms with Crippen LogP contribution in [0.4, 0.5) is 0 Å². The molecule has 0 saturated carbocycles. The van der Waals surface area contributed by atoms with Crippen LogP contribution in [0.2, 0.25) is 0 Å². The second kappa shape index (κ2) is 10.3. The van der Waals surface area contributed by atoms with Gasteiger partial charge >= 0.3 is 0 Å². The molecule has 0 radical (unpaired) electrons. The summed E-state index contributed by atoms with van der Waals surface area (Å²) in [6.45, 7) is 4.53.